The average molecular weight is 302 g/mol. The fourth-order valence-corrected chi connectivity index (χ4v) is 2.93. The molecule has 116 valence electrons. The highest BCUT2D eigenvalue weighted by Crippen LogP contribution is 2.40. The lowest BCUT2D eigenvalue weighted by Gasteiger charge is -2.39. The van der Waals surface area contributed by atoms with Crippen molar-refractivity contribution in [2.75, 3.05) is 36.9 Å². The molecule has 0 unspecified atom stereocenters. The van der Waals surface area contributed by atoms with Crippen molar-refractivity contribution < 1.29 is 22.6 Å². The van der Waals surface area contributed by atoms with Gasteiger partial charge in [-0.2, -0.15) is 13.2 Å². The highest BCUT2D eigenvalue weighted by atomic mass is 19.4. The van der Waals surface area contributed by atoms with Gasteiger partial charge in [0.15, 0.2) is 5.79 Å². The summed E-state index contributed by atoms with van der Waals surface area (Å²) in [7, 11) is 0. The molecule has 0 aliphatic carbocycles. The average Bonchev–Trinajstić information content (AvgIpc) is 2.87. The molecule has 21 heavy (non-hydrogen) atoms. The first kappa shape index (κ1) is 14.5. The number of nitrogens with two attached hydrogens (primary N) is 1. The molecule has 2 aliphatic rings. The molecule has 2 N–H and O–H groups in total. The number of halogens is 3. The summed E-state index contributed by atoms with van der Waals surface area (Å²) in [6.45, 7) is 2.03. The number of nitrogens with zero attached hydrogens (tertiary/aromatic N) is 1. The normalized spacial score (nSPS) is 22.0. The van der Waals surface area contributed by atoms with Gasteiger partial charge >= 0.3 is 6.18 Å². The van der Waals surface area contributed by atoms with Crippen LogP contribution in [0.15, 0.2) is 18.2 Å². The molecule has 3 rings (SSSR count). The van der Waals surface area contributed by atoms with Crippen LogP contribution in [0.2, 0.25) is 0 Å². The minimum Gasteiger partial charge on any atom is -0.399 e. The maximum atomic E-state index is 13.1. The zero-order chi connectivity index (χ0) is 15.1. The van der Waals surface area contributed by atoms with Gasteiger partial charge in [0.2, 0.25) is 0 Å². The van der Waals surface area contributed by atoms with Gasteiger partial charge in [-0.3, -0.25) is 0 Å². The number of nitrogen functional groups attached to an aromatic ring is 1. The summed E-state index contributed by atoms with van der Waals surface area (Å²) in [4.78, 5) is 1.72. The molecule has 0 radical (unpaired) electrons. The third-order valence-electron chi connectivity index (χ3n) is 4.01. The van der Waals surface area contributed by atoms with Crippen LogP contribution in [-0.4, -0.2) is 32.1 Å². The van der Waals surface area contributed by atoms with E-state index in [1.54, 1.807) is 4.90 Å². The molecule has 7 heteroatoms. The van der Waals surface area contributed by atoms with Crippen LogP contribution in [0.5, 0.6) is 0 Å². The van der Waals surface area contributed by atoms with Gasteiger partial charge in [0, 0.05) is 37.3 Å². The Morgan fingerprint density at radius 3 is 2.29 bits per heavy atom. The van der Waals surface area contributed by atoms with Crippen molar-refractivity contribution in [3.05, 3.63) is 23.8 Å². The Balaban J connectivity index is 1.82. The van der Waals surface area contributed by atoms with E-state index in [-0.39, 0.29) is 11.4 Å². The Morgan fingerprint density at radius 2 is 1.71 bits per heavy atom. The van der Waals surface area contributed by atoms with E-state index in [0.717, 1.165) is 6.07 Å². The van der Waals surface area contributed by atoms with Gasteiger partial charge < -0.3 is 20.1 Å². The SMILES string of the molecule is Nc1ccc(N2CCC3(CC2)OCCO3)c(C(F)(F)F)c1. The molecule has 1 aromatic carbocycles. The standard InChI is InChI=1S/C14H17F3N2O2/c15-14(16,17)11-9-10(18)1-2-12(11)19-5-3-13(4-6-19)20-7-8-21-13/h1-2,9H,3-8,18H2. The third kappa shape index (κ3) is 2.80. The van der Waals surface area contributed by atoms with Crippen LogP contribution in [0.1, 0.15) is 18.4 Å². The van der Waals surface area contributed by atoms with Crippen molar-refractivity contribution in [1.29, 1.82) is 0 Å². The van der Waals surface area contributed by atoms with Crippen molar-refractivity contribution in [2.45, 2.75) is 24.8 Å². The smallest absolute Gasteiger partial charge is 0.399 e. The molecule has 0 saturated carbocycles. The summed E-state index contributed by atoms with van der Waals surface area (Å²) in [5.74, 6) is -0.595. The molecular formula is C14H17F3N2O2. The van der Waals surface area contributed by atoms with Crippen molar-refractivity contribution in [3.8, 4) is 0 Å². The predicted octanol–water partition coefficient (Wildman–Crippen LogP) is 2.63. The first-order valence-corrected chi connectivity index (χ1v) is 6.89. The van der Waals surface area contributed by atoms with Gasteiger partial charge in [-0.15, -0.1) is 0 Å². The number of benzene rings is 1. The maximum Gasteiger partial charge on any atom is 0.418 e. The van der Waals surface area contributed by atoms with E-state index in [0.29, 0.717) is 39.1 Å². The van der Waals surface area contributed by atoms with Crippen LogP contribution in [-0.2, 0) is 15.7 Å². The molecular weight excluding hydrogens is 285 g/mol. The van der Waals surface area contributed by atoms with Crippen LogP contribution in [0.25, 0.3) is 0 Å². The van der Waals surface area contributed by atoms with Crippen LogP contribution in [0.4, 0.5) is 24.5 Å². The van der Waals surface area contributed by atoms with E-state index in [1.165, 1.54) is 12.1 Å². The number of hydrogen-bond acceptors (Lipinski definition) is 4. The van der Waals surface area contributed by atoms with Gasteiger partial charge in [-0.05, 0) is 18.2 Å². The van der Waals surface area contributed by atoms with Crippen LogP contribution in [0.3, 0.4) is 0 Å². The molecule has 2 fully saturated rings. The molecule has 1 spiro atoms. The minimum atomic E-state index is -4.42. The summed E-state index contributed by atoms with van der Waals surface area (Å²) in [6.07, 6.45) is -3.29. The summed E-state index contributed by atoms with van der Waals surface area (Å²) in [5, 5.41) is 0. The maximum absolute atomic E-state index is 13.1. The predicted molar refractivity (Wildman–Crippen MR) is 71.9 cm³/mol. The van der Waals surface area contributed by atoms with Gasteiger partial charge in [0.1, 0.15) is 0 Å². The Morgan fingerprint density at radius 1 is 1.10 bits per heavy atom. The van der Waals surface area contributed by atoms with Crippen molar-refractivity contribution in [1.82, 2.24) is 0 Å². The quantitative estimate of drug-likeness (QED) is 0.810. The Kier molecular flexibility index (Phi) is 3.49. The number of rotatable bonds is 1. The Bertz CT molecular complexity index is 517. The van der Waals surface area contributed by atoms with E-state index in [1.807, 2.05) is 0 Å². The van der Waals surface area contributed by atoms with E-state index >= 15 is 0 Å². The summed E-state index contributed by atoms with van der Waals surface area (Å²) < 4.78 is 50.6. The molecule has 2 aliphatic heterocycles. The van der Waals surface area contributed by atoms with E-state index < -0.39 is 17.5 Å². The number of alkyl halides is 3. The van der Waals surface area contributed by atoms with Crippen molar-refractivity contribution in [3.63, 3.8) is 0 Å². The molecule has 4 nitrogen and oxygen atoms in total. The third-order valence-corrected chi connectivity index (χ3v) is 4.01. The lowest BCUT2D eigenvalue weighted by molar-refractivity contribution is -0.169. The lowest BCUT2D eigenvalue weighted by Crippen LogP contribution is -2.45. The summed E-state index contributed by atoms with van der Waals surface area (Å²) in [6, 6.07) is 3.92. The second kappa shape index (κ2) is 5.06. The van der Waals surface area contributed by atoms with Gasteiger partial charge in [-0.1, -0.05) is 0 Å². The highest BCUT2D eigenvalue weighted by Gasteiger charge is 2.42. The first-order chi connectivity index (χ1) is 9.90. The Hall–Kier alpha value is -1.47. The molecule has 0 aromatic heterocycles. The fraction of sp³-hybridized carbons (Fsp3) is 0.571. The van der Waals surface area contributed by atoms with E-state index in [9.17, 15) is 13.2 Å². The highest BCUT2D eigenvalue weighted by molar-refractivity contribution is 5.61. The molecule has 0 bridgehead atoms. The summed E-state index contributed by atoms with van der Waals surface area (Å²) >= 11 is 0. The fourth-order valence-electron chi connectivity index (χ4n) is 2.93. The molecule has 1 aromatic rings. The van der Waals surface area contributed by atoms with E-state index in [2.05, 4.69) is 0 Å². The van der Waals surface area contributed by atoms with Crippen LogP contribution >= 0.6 is 0 Å². The second-order valence-electron chi connectivity index (χ2n) is 5.37. The topological polar surface area (TPSA) is 47.7 Å². The van der Waals surface area contributed by atoms with Gasteiger partial charge in [-0.25, -0.2) is 0 Å². The van der Waals surface area contributed by atoms with E-state index in [4.69, 9.17) is 15.2 Å². The monoisotopic (exact) mass is 302 g/mol. The number of ether oxygens (including phenoxy) is 2. The number of anilines is 2. The lowest BCUT2D eigenvalue weighted by atomic mass is 10.0. The molecule has 0 amide bonds. The molecule has 2 heterocycles. The van der Waals surface area contributed by atoms with Crippen LogP contribution < -0.4 is 10.6 Å². The van der Waals surface area contributed by atoms with Crippen LogP contribution in [0, 0.1) is 0 Å². The number of hydrogen-bond donors (Lipinski definition) is 1. The second-order valence-corrected chi connectivity index (χ2v) is 5.37. The minimum absolute atomic E-state index is 0.113. The molecule has 2 saturated heterocycles. The van der Waals surface area contributed by atoms with Gasteiger partial charge in [0.05, 0.1) is 18.8 Å². The van der Waals surface area contributed by atoms with Crippen molar-refractivity contribution in [2.24, 2.45) is 0 Å². The largest absolute Gasteiger partial charge is 0.418 e. The summed E-state index contributed by atoms with van der Waals surface area (Å²) in [5.41, 5.74) is 5.09. The number of piperidine rings is 1. The molecule has 0 atom stereocenters. The van der Waals surface area contributed by atoms with Crippen molar-refractivity contribution >= 4 is 11.4 Å². The zero-order valence-electron chi connectivity index (χ0n) is 11.4. The zero-order valence-corrected chi connectivity index (χ0v) is 11.4. The van der Waals surface area contributed by atoms with Gasteiger partial charge in [0.25, 0.3) is 0 Å². The Labute approximate surface area is 120 Å². The first-order valence-electron chi connectivity index (χ1n) is 6.89.